The van der Waals surface area contributed by atoms with Gasteiger partial charge in [-0.1, -0.05) is 57.8 Å². The van der Waals surface area contributed by atoms with E-state index in [-0.39, 0.29) is 0 Å². The molecule has 0 aromatic heterocycles. The van der Waals surface area contributed by atoms with Gasteiger partial charge in [-0.2, -0.15) is 0 Å². The van der Waals surface area contributed by atoms with Gasteiger partial charge in [0.15, 0.2) is 0 Å². The first-order valence-electron chi connectivity index (χ1n) is 6.93. The van der Waals surface area contributed by atoms with Crippen LogP contribution in [0.3, 0.4) is 0 Å². The van der Waals surface area contributed by atoms with Crippen molar-refractivity contribution in [3.05, 3.63) is 0 Å². The number of rotatable bonds is 2. The van der Waals surface area contributed by atoms with Gasteiger partial charge in [-0.3, -0.25) is 0 Å². The van der Waals surface area contributed by atoms with Gasteiger partial charge < -0.3 is 0 Å². The highest BCUT2D eigenvalue weighted by Gasteiger charge is 2.35. The average molecular weight is 192 g/mol. The highest BCUT2D eigenvalue weighted by molar-refractivity contribution is 4.87. The molecule has 14 heavy (non-hydrogen) atoms. The van der Waals surface area contributed by atoms with Gasteiger partial charge in [0.1, 0.15) is 0 Å². The highest BCUT2D eigenvalue weighted by atomic mass is 14.4. The zero-order chi connectivity index (χ0) is 9.38. The number of hydrogen-bond acceptors (Lipinski definition) is 0. The summed E-state index contributed by atoms with van der Waals surface area (Å²) in [5.41, 5.74) is 0. The molecule has 3 saturated carbocycles. The van der Waals surface area contributed by atoms with E-state index in [4.69, 9.17) is 0 Å². The molecule has 0 heteroatoms. The fourth-order valence-corrected chi connectivity index (χ4v) is 3.95. The first-order chi connectivity index (χ1) is 6.93. The topological polar surface area (TPSA) is 0 Å². The van der Waals surface area contributed by atoms with E-state index >= 15 is 0 Å². The van der Waals surface area contributed by atoms with E-state index in [0.717, 1.165) is 23.7 Å². The van der Waals surface area contributed by atoms with Gasteiger partial charge in [0, 0.05) is 0 Å². The standard InChI is InChI=1S/C14H24/c1-4-11(5-1)13-8-3-9-14(10-13)12-6-2-7-12/h11-14H,1-10H2. The molecule has 3 rings (SSSR count). The van der Waals surface area contributed by atoms with Gasteiger partial charge in [-0.15, -0.1) is 0 Å². The van der Waals surface area contributed by atoms with Crippen molar-refractivity contribution in [2.24, 2.45) is 23.7 Å². The predicted octanol–water partition coefficient (Wildman–Crippen LogP) is 4.39. The monoisotopic (exact) mass is 192 g/mol. The van der Waals surface area contributed by atoms with E-state index in [0.29, 0.717) is 0 Å². The Hall–Kier alpha value is 0. The van der Waals surface area contributed by atoms with Crippen LogP contribution in [0.4, 0.5) is 0 Å². The van der Waals surface area contributed by atoms with E-state index in [9.17, 15) is 0 Å². The maximum Gasteiger partial charge on any atom is -0.0383 e. The lowest BCUT2D eigenvalue weighted by atomic mass is 9.62. The summed E-state index contributed by atoms with van der Waals surface area (Å²) in [7, 11) is 0. The maximum atomic E-state index is 1.62. The van der Waals surface area contributed by atoms with Crippen LogP contribution in [0.2, 0.25) is 0 Å². The lowest BCUT2D eigenvalue weighted by Gasteiger charge is -2.43. The van der Waals surface area contributed by atoms with E-state index in [1.165, 1.54) is 12.8 Å². The summed E-state index contributed by atoms with van der Waals surface area (Å²) in [6, 6.07) is 0. The van der Waals surface area contributed by atoms with Gasteiger partial charge in [0.25, 0.3) is 0 Å². The Bertz CT molecular complexity index is 168. The van der Waals surface area contributed by atoms with Crippen molar-refractivity contribution in [3.8, 4) is 0 Å². The Morgan fingerprint density at radius 1 is 0.429 bits per heavy atom. The molecule has 0 nitrogen and oxygen atoms in total. The molecular weight excluding hydrogens is 168 g/mol. The SMILES string of the molecule is C1CC(C2CCCC(C3CCC3)C2)C1. The second kappa shape index (κ2) is 3.87. The molecular formula is C14H24. The van der Waals surface area contributed by atoms with Gasteiger partial charge in [-0.25, -0.2) is 0 Å². The van der Waals surface area contributed by atoms with Crippen molar-refractivity contribution < 1.29 is 0 Å². The molecule has 3 fully saturated rings. The molecule has 0 spiro atoms. The largest absolute Gasteiger partial charge is 0.0528 e. The number of hydrogen-bond donors (Lipinski definition) is 0. The fourth-order valence-electron chi connectivity index (χ4n) is 3.95. The molecule has 0 radical (unpaired) electrons. The van der Waals surface area contributed by atoms with Gasteiger partial charge in [0.2, 0.25) is 0 Å². The van der Waals surface area contributed by atoms with Crippen LogP contribution in [0.1, 0.15) is 64.2 Å². The maximum absolute atomic E-state index is 1.62. The summed E-state index contributed by atoms with van der Waals surface area (Å²) < 4.78 is 0. The Labute approximate surface area is 88.5 Å². The molecule has 0 aromatic carbocycles. The molecule has 0 aliphatic heterocycles. The van der Waals surface area contributed by atoms with Crippen LogP contribution in [0.15, 0.2) is 0 Å². The molecule has 0 aromatic rings. The van der Waals surface area contributed by atoms with Crippen LogP contribution >= 0.6 is 0 Å². The van der Waals surface area contributed by atoms with E-state index in [2.05, 4.69) is 0 Å². The summed E-state index contributed by atoms with van der Waals surface area (Å²) in [5, 5.41) is 0. The van der Waals surface area contributed by atoms with E-state index in [1.54, 1.807) is 51.4 Å². The molecule has 2 unspecified atom stereocenters. The second-order valence-corrected chi connectivity index (χ2v) is 6.07. The Morgan fingerprint density at radius 2 is 0.786 bits per heavy atom. The average Bonchev–Trinajstić information content (AvgIpc) is 1.98. The molecule has 2 atom stereocenters. The smallest absolute Gasteiger partial charge is 0.0383 e. The minimum absolute atomic E-state index is 1.16. The highest BCUT2D eigenvalue weighted by Crippen LogP contribution is 2.47. The fraction of sp³-hybridized carbons (Fsp3) is 1.00. The van der Waals surface area contributed by atoms with Gasteiger partial charge in [-0.05, 0) is 30.1 Å². The van der Waals surface area contributed by atoms with Crippen molar-refractivity contribution >= 4 is 0 Å². The minimum atomic E-state index is 1.16. The molecule has 0 N–H and O–H groups in total. The second-order valence-electron chi connectivity index (χ2n) is 6.07. The van der Waals surface area contributed by atoms with Crippen molar-refractivity contribution in [2.45, 2.75) is 64.2 Å². The summed E-state index contributed by atoms with van der Waals surface area (Å²) in [5.74, 6) is 4.64. The minimum Gasteiger partial charge on any atom is -0.0528 e. The van der Waals surface area contributed by atoms with Crippen LogP contribution in [0.5, 0.6) is 0 Å². The normalized spacial score (nSPS) is 40.3. The lowest BCUT2D eigenvalue weighted by Crippen LogP contribution is -2.32. The molecule has 80 valence electrons. The van der Waals surface area contributed by atoms with E-state index < -0.39 is 0 Å². The molecule has 0 amide bonds. The molecule has 3 aliphatic carbocycles. The summed E-state index contributed by atoms with van der Waals surface area (Å²) >= 11 is 0. The first kappa shape index (κ1) is 9.24. The molecule has 0 heterocycles. The van der Waals surface area contributed by atoms with Crippen molar-refractivity contribution in [1.82, 2.24) is 0 Å². The zero-order valence-corrected chi connectivity index (χ0v) is 9.38. The van der Waals surface area contributed by atoms with Crippen molar-refractivity contribution in [2.75, 3.05) is 0 Å². The van der Waals surface area contributed by atoms with Crippen molar-refractivity contribution in [1.29, 1.82) is 0 Å². The van der Waals surface area contributed by atoms with E-state index in [1.807, 2.05) is 0 Å². The first-order valence-corrected chi connectivity index (χ1v) is 6.93. The Kier molecular flexibility index (Phi) is 2.55. The van der Waals surface area contributed by atoms with Crippen LogP contribution in [0, 0.1) is 23.7 Å². The van der Waals surface area contributed by atoms with Crippen molar-refractivity contribution in [3.63, 3.8) is 0 Å². The Morgan fingerprint density at radius 3 is 1.14 bits per heavy atom. The van der Waals surface area contributed by atoms with Crippen LogP contribution in [0.25, 0.3) is 0 Å². The summed E-state index contributed by atoms with van der Waals surface area (Å²) in [4.78, 5) is 0. The summed E-state index contributed by atoms with van der Waals surface area (Å²) in [6.07, 6.45) is 15.7. The van der Waals surface area contributed by atoms with Crippen LogP contribution in [-0.4, -0.2) is 0 Å². The van der Waals surface area contributed by atoms with Crippen LogP contribution in [-0.2, 0) is 0 Å². The lowest BCUT2D eigenvalue weighted by molar-refractivity contribution is 0.0795. The molecule has 0 saturated heterocycles. The molecule has 0 bridgehead atoms. The third kappa shape index (κ3) is 1.61. The third-order valence-corrected chi connectivity index (χ3v) is 5.39. The zero-order valence-electron chi connectivity index (χ0n) is 9.38. The van der Waals surface area contributed by atoms with Crippen LogP contribution < -0.4 is 0 Å². The molecule has 3 aliphatic rings. The predicted molar refractivity (Wildman–Crippen MR) is 60.1 cm³/mol. The van der Waals surface area contributed by atoms with Gasteiger partial charge >= 0.3 is 0 Å². The summed E-state index contributed by atoms with van der Waals surface area (Å²) in [6.45, 7) is 0. The quantitative estimate of drug-likeness (QED) is 0.608. The Balaban J connectivity index is 1.54. The third-order valence-electron chi connectivity index (χ3n) is 5.39. The van der Waals surface area contributed by atoms with Gasteiger partial charge in [0.05, 0.1) is 0 Å².